The van der Waals surface area contributed by atoms with Crippen molar-refractivity contribution in [2.24, 2.45) is 7.05 Å². The van der Waals surface area contributed by atoms with Crippen molar-refractivity contribution in [1.29, 1.82) is 0 Å². The zero-order chi connectivity index (χ0) is 14.2. The number of hydrogen-bond acceptors (Lipinski definition) is 5. The van der Waals surface area contributed by atoms with Gasteiger partial charge in [0.25, 0.3) is 0 Å². The first kappa shape index (κ1) is 12.3. The summed E-state index contributed by atoms with van der Waals surface area (Å²) in [5.41, 5.74) is 3.53. The average molecular weight is 281 g/mol. The van der Waals surface area contributed by atoms with Gasteiger partial charge in [-0.25, -0.2) is 0 Å². The minimum absolute atomic E-state index is 0.0674. The van der Waals surface area contributed by atoms with Gasteiger partial charge < -0.3 is 9.84 Å². The first-order chi connectivity index (χ1) is 10.3. The van der Waals surface area contributed by atoms with Gasteiger partial charge in [0.2, 0.25) is 11.7 Å². The van der Waals surface area contributed by atoms with Crippen LogP contribution in [-0.4, -0.2) is 19.9 Å². The Hall–Kier alpha value is -2.47. The van der Waals surface area contributed by atoms with E-state index >= 15 is 0 Å². The smallest absolute Gasteiger partial charge is 0.244 e. The molecular formula is C15H15N5O. The molecule has 1 aromatic carbocycles. The highest BCUT2D eigenvalue weighted by Gasteiger charge is 2.24. The van der Waals surface area contributed by atoms with Gasteiger partial charge in [-0.1, -0.05) is 29.4 Å². The molecule has 0 saturated heterocycles. The van der Waals surface area contributed by atoms with Crippen LogP contribution in [0, 0.1) is 0 Å². The van der Waals surface area contributed by atoms with Gasteiger partial charge in [0.1, 0.15) is 0 Å². The lowest BCUT2D eigenvalue weighted by atomic mass is 9.96. The van der Waals surface area contributed by atoms with Gasteiger partial charge in [0.05, 0.1) is 17.8 Å². The van der Waals surface area contributed by atoms with Crippen molar-refractivity contribution in [1.82, 2.24) is 25.2 Å². The van der Waals surface area contributed by atoms with Crippen LogP contribution >= 0.6 is 0 Å². The summed E-state index contributed by atoms with van der Waals surface area (Å²) in [6.45, 7) is 0.825. The summed E-state index contributed by atoms with van der Waals surface area (Å²) in [7, 11) is 1.87. The maximum atomic E-state index is 5.42. The highest BCUT2D eigenvalue weighted by Crippen LogP contribution is 2.26. The molecule has 0 spiro atoms. The summed E-state index contributed by atoms with van der Waals surface area (Å²) < 4.78 is 7.14. The molecule has 21 heavy (non-hydrogen) atoms. The third kappa shape index (κ3) is 2.23. The van der Waals surface area contributed by atoms with E-state index in [2.05, 4.69) is 44.8 Å². The zero-order valence-electron chi connectivity index (χ0n) is 11.7. The fraction of sp³-hybridized carbons (Fsp3) is 0.267. The Morgan fingerprint density at radius 1 is 1.29 bits per heavy atom. The largest absolute Gasteiger partial charge is 0.337 e. The van der Waals surface area contributed by atoms with Crippen LogP contribution in [0.5, 0.6) is 0 Å². The summed E-state index contributed by atoms with van der Waals surface area (Å²) >= 11 is 0. The molecule has 0 fully saturated rings. The molecule has 6 heteroatoms. The molecule has 3 aromatic rings. The maximum absolute atomic E-state index is 5.42. The van der Waals surface area contributed by atoms with E-state index in [1.54, 1.807) is 10.9 Å². The second-order valence-electron chi connectivity index (χ2n) is 5.27. The standard InChI is InChI=1S/C15H15N5O/c1-20-9-12(8-17-20)14-18-15(21-19-14)13-6-10-4-2-3-5-11(10)7-16-13/h2-5,8-9,13,16H,6-7H2,1H3/t13-/m0/s1. The zero-order valence-corrected chi connectivity index (χ0v) is 11.7. The number of aromatic nitrogens is 4. The number of aryl methyl sites for hydroxylation is 1. The Kier molecular flexibility index (Phi) is 2.82. The quantitative estimate of drug-likeness (QED) is 0.776. The van der Waals surface area contributed by atoms with Crippen LogP contribution in [0.1, 0.15) is 23.1 Å². The van der Waals surface area contributed by atoms with Crippen LogP contribution in [0.2, 0.25) is 0 Å². The topological polar surface area (TPSA) is 68.8 Å². The third-order valence-corrected chi connectivity index (χ3v) is 3.78. The predicted octanol–water partition coefficient (Wildman–Crippen LogP) is 1.86. The highest BCUT2D eigenvalue weighted by molar-refractivity contribution is 5.51. The summed E-state index contributed by atoms with van der Waals surface area (Å²) in [5, 5.41) is 11.6. The summed E-state index contributed by atoms with van der Waals surface area (Å²) in [6, 6.07) is 8.50. The Morgan fingerprint density at radius 2 is 2.14 bits per heavy atom. The van der Waals surface area contributed by atoms with Gasteiger partial charge in [-0.05, 0) is 17.5 Å². The van der Waals surface area contributed by atoms with E-state index in [1.165, 1.54) is 11.1 Å². The Labute approximate surface area is 121 Å². The van der Waals surface area contributed by atoms with Crippen LogP contribution in [0.25, 0.3) is 11.4 Å². The second kappa shape index (κ2) is 4.82. The van der Waals surface area contributed by atoms with Crippen molar-refractivity contribution in [2.45, 2.75) is 19.0 Å². The number of fused-ring (bicyclic) bond motifs is 1. The second-order valence-corrected chi connectivity index (χ2v) is 5.27. The van der Waals surface area contributed by atoms with E-state index in [9.17, 15) is 0 Å². The van der Waals surface area contributed by atoms with Crippen molar-refractivity contribution in [3.63, 3.8) is 0 Å². The van der Waals surface area contributed by atoms with E-state index in [4.69, 9.17) is 4.52 Å². The number of hydrogen-bond donors (Lipinski definition) is 1. The molecule has 0 aliphatic carbocycles. The SMILES string of the molecule is Cn1cc(-c2noc([C@@H]3Cc4ccccc4CN3)n2)cn1. The van der Waals surface area contributed by atoms with E-state index in [0.29, 0.717) is 11.7 Å². The third-order valence-electron chi connectivity index (χ3n) is 3.78. The molecule has 2 aromatic heterocycles. The van der Waals surface area contributed by atoms with Crippen molar-refractivity contribution in [2.75, 3.05) is 0 Å². The first-order valence-electron chi connectivity index (χ1n) is 6.92. The minimum Gasteiger partial charge on any atom is -0.337 e. The lowest BCUT2D eigenvalue weighted by molar-refractivity contribution is 0.321. The molecule has 0 bridgehead atoms. The number of nitrogens with one attached hydrogen (secondary N) is 1. The highest BCUT2D eigenvalue weighted by atomic mass is 16.5. The maximum Gasteiger partial charge on any atom is 0.244 e. The molecule has 1 atom stereocenters. The predicted molar refractivity (Wildman–Crippen MR) is 76.2 cm³/mol. The van der Waals surface area contributed by atoms with E-state index < -0.39 is 0 Å². The van der Waals surface area contributed by atoms with E-state index in [-0.39, 0.29) is 6.04 Å². The normalized spacial score (nSPS) is 17.7. The van der Waals surface area contributed by atoms with Crippen molar-refractivity contribution >= 4 is 0 Å². The molecule has 1 aliphatic heterocycles. The number of benzene rings is 1. The molecule has 0 saturated carbocycles. The van der Waals surface area contributed by atoms with E-state index in [0.717, 1.165) is 18.5 Å². The molecule has 4 rings (SSSR count). The summed E-state index contributed by atoms with van der Waals surface area (Å²) in [4.78, 5) is 4.50. The Balaban J connectivity index is 1.60. The van der Waals surface area contributed by atoms with Crippen LogP contribution in [0.4, 0.5) is 0 Å². The van der Waals surface area contributed by atoms with Gasteiger partial charge in [-0.15, -0.1) is 0 Å². The van der Waals surface area contributed by atoms with Gasteiger partial charge in [-0.2, -0.15) is 10.1 Å². The number of rotatable bonds is 2. The average Bonchev–Trinajstić information content (AvgIpc) is 3.15. The Morgan fingerprint density at radius 3 is 2.95 bits per heavy atom. The Bertz CT molecular complexity index is 776. The minimum atomic E-state index is 0.0674. The van der Waals surface area contributed by atoms with Crippen LogP contribution in [-0.2, 0) is 20.0 Å². The fourth-order valence-electron chi connectivity index (χ4n) is 2.66. The molecule has 1 N–H and O–H groups in total. The molecule has 0 amide bonds. The van der Waals surface area contributed by atoms with Crippen LogP contribution in [0.3, 0.4) is 0 Å². The molecular weight excluding hydrogens is 266 g/mol. The molecule has 6 nitrogen and oxygen atoms in total. The molecule has 1 aliphatic rings. The van der Waals surface area contributed by atoms with Gasteiger partial charge >= 0.3 is 0 Å². The molecule has 3 heterocycles. The van der Waals surface area contributed by atoms with Crippen molar-refractivity contribution in [3.8, 4) is 11.4 Å². The van der Waals surface area contributed by atoms with Crippen molar-refractivity contribution in [3.05, 3.63) is 53.7 Å². The van der Waals surface area contributed by atoms with Gasteiger partial charge in [-0.3, -0.25) is 4.68 Å². The van der Waals surface area contributed by atoms with Crippen molar-refractivity contribution < 1.29 is 4.52 Å². The van der Waals surface area contributed by atoms with Crippen LogP contribution < -0.4 is 5.32 Å². The lowest BCUT2D eigenvalue weighted by Crippen LogP contribution is -2.28. The summed E-state index contributed by atoms with van der Waals surface area (Å²) in [6.07, 6.45) is 4.47. The monoisotopic (exact) mass is 281 g/mol. The van der Waals surface area contributed by atoms with E-state index in [1.807, 2.05) is 13.2 Å². The van der Waals surface area contributed by atoms with Crippen LogP contribution in [0.15, 0.2) is 41.2 Å². The lowest BCUT2D eigenvalue weighted by Gasteiger charge is -2.23. The van der Waals surface area contributed by atoms with Gasteiger partial charge in [0, 0.05) is 19.8 Å². The van der Waals surface area contributed by atoms with Gasteiger partial charge in [0.15, 0.2) is 0 Å². The number of nitrogens with zero attached hydrogens (tertiary/aromatic N) is 4. The summed E-state index contributed by atoms with van der Waals surface area (Å²) in [5.74, 6) is 1.21. The molecule has 0 radical (unpaired) electrons. The fourth-order valence-corrected chi connectivity index (χ4v) is 2.66. The first-order valence-corrected chi connectivity index (χ1v) is 6.92. The molecule has 0 unspecified atom stereocenters. The molecule has 106 valence electrons.